The van der Waals surface area contributed by atoms with Crippen LogP contribution in [0.5, 0.6) is 0 Å². The number of aromatic nitrogens is 1. The molecule has 0 saturated heterocycles. The fourth-order valence-corrected chi connectivity index (χ4v) is 1.00. The van der Waals surface area contributed by atoms with Crippen LogP contribution in [0.4, 0.5) is 0 Å². The van der Waals surface area contributed by atoms with E-state index < -0.39 is 0 Å². The van der Waals surface area contributed by atoms with E-state index in [1.54, 1.807) is 6.20 Å². The highest BCUT2D eigenvalue weighted by Gasteiger charge is 2.01. The van der Waals surface area contributed by atoms with Gasteiger partial charge < -0.3 is 5.32 Å². The minimum Gasteiger partial charge on any atom is -0.355 e. The van der Waals surface area contributed by atoms with Gasteiger partial charge in [0, 0.05) is 24.9 Å². The van der Waals surface area contributed by atoms with Crippen molar-refractivity contribution in [3.05, 3.63) is 30.1 Å². The van der Waals surface area contributed by atoms with Gasteiger partial charge in [-0.05, 0) is 12.1 Å². The van der Waals surface area contributed by atoms with Crippen LogP contribution in [-0.4, -0.2) is 17.4 Å². The van der Waals surface area contributed by atoms with Gasteiger partial charge in [0.15, 0.2) is 0 Å². The molecule has 72 valence electrons. The number of amides is 1. The molecule has 0 atom stereocenters. The molecular formula is C11H12N2O. The summed E-state index contributed by atoms with van der Waals surface area (Å²) in [4.78, 5) is 15.3. The molecule has 1 aromatic heterocycles. The molecule has 0 radical (unpaired) electrons. The molecule has 1 heterocycles. The topological polar surface area (TPSA) is 42.0 Å². The molecular weight excluding hydrogens is 176 g/mol. The van der Waals surface area contributed by atoms with E-state index in [0.717, 1.165) is 5.69 Å². The second kappa shape index (κ2) is 5.76. The Morgan fingerprint density at radius 2 is 2.43 bits per heavy atom. The van der Waals surface area contributed by atoms with Gasteiger partial charge in [-0.15, -0.1) is 12.3 Å². The summed E-state index contributed by atoms with van der Waals surface area (Å²) in [6.07, 6.45) is 7.60. The summed E-state index contributed by atoms with van der Waals surface area (Å²) in [7, 11) is 0. The Morgan fingerprint density at radius 1 is 1.57 bits per heavy atom. The van der Waals surface area contributed by atoms with Crippen molar-refractivity contribution in [2.24, 2.45) is 0 Å². The number of nitrogens with one attached hydrogen (secondary N) is 1. The SMILES string of the molecule is C#CCCNC(=O)Cc1ccccn1. The molecule has 1 rings (SSSR count). The predicted molar refractivity (Wildman–Crippen MR) is 54.4 cm³/mol. The second-order valence-corrected chi connectivity index (χ2v) is 2.80. The molecule has 0 bridgehead atoms. The highest BCUT2D eigenvalue weighted by molar-refractivity contribution is 5.78. The van der Waals surface area contributed by atoms with Crippen molar-refractivity contribution >= 4 is 5.91 Å². The molecule has 1 N–H and O–H groups in total. The number of carbonyl (C=O) groups is 1. The van der Waals surface area contributed by atoms with Crippen LogP contribution in [0.2, 0.25) is 0 Å². The smallest absolute Gasteiger partial charge is 0.226 e. The van der Waals surface area contributed by atoms with E-state index >= 15 is 0 Å². The third kappa shape index (κ3) is 3.72. The molecule has 1 amide bonds. The van der Waals surface area contributed by atoms with E-state index in [4.69, 9.17) is 6.42 Å². The highest BCUT2D eigenvalue weighted by atomic mass is 16.1. The number of carbonyl (C=O) groups excluding carboxylic acids is 1. The lowest BCUT2D eigenvalue weighted by molar-refractivity contribution is -0.120. The number of hydrogen-bond acceptors (Lipinski definition) is 2. The molecule has 0 unspecified atom stereocenters. The molecule has 3 nitrogen and oxygen atoms in total. The first-order chi connectivity index (χ1) is 6.83. The summed E-state index contributed by atoms with van der Waals surface area (Å²) >= 11 is 0. The maximum absolute atomic E-state index is 11.3. The highest BCUT2D eigenvalue weighted by Crippen LogP contribution is 1.93. The maximum Gasteiger partial charge on any atom is 0.226 e. The molecule has 0 fully saturated rings. The average molecular weight is 188 g/mol. The van der Waals surface area contributed by atoms with Gasteiger partial charge in [-0.2, -0.15) is 0 Å². The average Bonchev–Trinajstić information content (AvgIpc) is 2.20. The van der Waals surface area contributed by atoms with Gasteiger partial charge in [-0.3, -0.25) is 9.78 Å². The Balaban J connectivity index is 2.32. The van der Waals surface area contributed by atoms with Crippen LogP contribution in [0, 0.1) is 12.3 Å². The monoisotopic (exact) mass is 188 g/mol. The molecule has 3 heteroatoms. The van der Waals surface area contributed by atoms with Gasteiger partial charge in [0.25, 0.3) is 0 Å². The lowest BCUT2D eigenvalue weighted by atomic mass is 10.2. The van der Waals surface area contributed by atoms with E-state index in [1.807, 2.05) is 18.2 Å². The Morgan fingerprint density at radius 3 is 3.07 bits per heavy atom. The van der Waals surface area contributed by atoms with E-state index in [9.17, 15) is 4.79 Å². The lowest BCUT2D eigenvalue weighted by Crippen LogP contribution is -2.26. The van der Waals surface area contributed by atoms with Crippen molar-refractivity contribution in [2.75, 3.05) is 6.54 Å². The first kappa shape index (κ1) is 10.3. The van der Waals surface area contributed by atoms with Gasteiger partial charge in [0.2, 0.25) is 5.91 Å². The van der Waals surface area contributed by atoms with Crippen molar-refractivity contribution in [1.29, 1.82) is 0 Å². The van der Waals surface area contributed by atoms with Crippen LogP contribution in [0.15, 0.2) is 24.4 Å². The Hall–Kier alpha value is -1.82. The molecule has 14 heavy (non-hydrogen) atoms. The zero-order valence-electron chi connectivity index (χ0n) is 7.86. The number of terminal acetylenes is 1. The molecule has 0 aliphatic heterocycles. The first-order valence-electron chi connectivity index (χ1n) is 4.43. The van der Waals surface area contributed by atoms with Gasteiger partial charge in [-0.1, -0.05) is 6.07 Å². The first-order valence-corrected chi connectivity index (χ1v) is 4.43. The van der Waals surface area contributed by atoms with Crippen molar-refractivity contribution in [1.82, 2.24) is 10.3 Å². The molecule has 0 aliphatic rings. The van der Waals surface area contributed by atoms with Crippen molar-refractivity contribution in [3.63, 3.8) is 0 Å². The van der Waals surface area contributed by atoms with Crippen LogP contribution in [0.3, 0.4) is 0 Å². The molecule has 0 spiro atoms. The zero-order valence-corrected chi connectivity index (χ0v) is 7.86. The summed E-state index contributed by atoms with van der Waals surface area (Å²) < 4.78 is 0. The fraction of sp³-hybridized carbons (Fsp3) is 0.273. The van der Waals surface area contributed by atoms with E-state index in [1.165, 1.54) is 0 Å². The third-order valence-corrected chi connectivity index (χ3v) is 1.66. The fourth-order valence-electron chi connectivity index (χ4n) is 1.00. The number of nitrogens with zero attached hydrogens (tertiary/aromatic N) is 1. The van der Waals surface area contributed by atoms with Crippen LogP contribution < -0.4 is 5.32 Å². The van der Waals surface area contributed by atoms with E-state index in [0.29, 0.717) is 19.4 Å². The molecule has 0 aliphatic carbocycles. The summed E-state index contributed by atoms with van der Waals surface area (Å²) in [6.45, 7) is 0.530. The van der Waals surface area contributed by atoms with Crippen molar-refractivity contribution in [3.8, 4) is 12.3 Å². The third-order valence-electron chi connectivity index (χ3n) is 1.66. The molecule has 0 saturated carbocycles. The summed E-state index contributed by atoms with van der Waals surface area (Å²) in [5.41, 5.74) is 0.769. The van der Waals surface area contributed by atoms with E-state index in [-0.39, 0.29) is 5.91 Å². The van der Waals surface area contributed by atoms with E-state index in [2.05, 4.69) is 16.2 Å². The molecule has 0 aromatic carbocycles. The van der Waals surface area contributed by atoms with Gasteiger partial charge in [0.1, 0.15) is 0 Å². The van der Waals surface area contributed by atoms with Crippen LogP contribution in [0.25, 0.3) is 0 Å². The summed E-state index contributed by atoms with van der Waals surface area (Å²) in [5, 5.41) is 2.71. The van der Waals surface area contributed by atoms with Crippen molar-refractivity contribution < 1.29 is 4.79 Å². The largest absolute Gasteiger partial charge is 0.355 e. The number of hydrogen-bond donors (Lipinski definition) is 1. The quantitative estimate of drug-likeness (QED) is 0.560. The van der Waals surface area contributed by atoms with Gasteiger partial charge in [-0.25, -0.2) is 0 Å². The van der Waals surface area contributed by atoms with Crippen LogP contribution in [-0.2, 0) is 11.2 Å². The minimum atomic E-state index is -0.0426. The normalized spacial score (nSPS) is 9.07. The summed E-state index contributed by atoms with van der Waals surface area (Å²) in [5.74, 6) is 2.41. The van der Waals surface area contributed by atoms with Gasteiger partial charge in [0.05, 0.1) is 6.42 Å². The maximum atomic E-state index is 11.3. The zero-order chi connectivity index (χ0) is 10.2. The van der Waals surface area contributed by atoms with Crippen LogP contribution >= 0.6 is 0 Å². The minimum absolute atomic E-state index is 0.0426. The lowest BCUT2D eigenvalue weighted by Gasteiger charge is -2.01. The Labute approximate surface area is 83.6 Å². The molecule has 1 aromatic rings. The second-order valence-electron chi connectivity index (χ2n) is 2.80. The number of rotatable bonds is 4. The van der Waals surface area contributed by atoms with Crippen LogP contribution in [0.1, 0.15) is 12.1 Å². The predicted octanol–water partition coefficient (Wildman–Crippen LogP) is 0.764. The Kier molecular flexibility index (Phi) is 4.22. The summed E-state index contributed by atoms with van der Waals surface area (Å²) in [6, 6.07) is 5.50. The van der Waals surface area contributed by atoms with Crippen molar-refractivity contribution in [2.45, 2.75) is 12.8 Å². The Bertz CT molecular complexity index is 327. The standard InChI is InChI=1S/C11H12N2O/c1-2-3-7-13-11(14)9-10-6-4-5-8-12-10/h1,4-6,8H,3,7,9H2,(H,13,14). The number of pyridine rings is 1. The van der Waals surface area contributed by atoms with Gasteiger partial charge >= 0.3 is 0 Å².